The van der Waals surface area contributed by atoms with Crippen LogP contribution in [-0.2, 0) is 0 Å². The molecule has 0 bridgehead atoms. The van der Waals surface area contributed by atoms with E-state index in [1.54, 1.807) is 60.7 Å². The molecule has 1 aromatic heterocycles. The molecule has 0 unspecified atom stereocenters. The summed E-state index contributed by atoms with van der Waals surface area (Å²) in [4.78, 5) is 4.51. The van der Waals surface area contributed by atoms with Crippen LogP contribution in [0, 0.1) is 29.1 Å². The Kier molecular flexibility index (Phi) is 4.84. The maximum absolute atomic E-state index is 14.4. The second kappa shape index (κ2) is 7.47. The molecule has 4 aromatic rings. The van der Waals surface area contributed by atoms with Crippen molar-refractivity contribution in [2.75, 3.05) is 0 Å². The van der Waals surface area contributed by atoms with Crippen LogP contribution < -0.4 is 0 Å². The fourth-order valence-corrected chi connectivity index (χ4v) is 3.05. The third-order valence-electron chi connectivity index (χ3n) is 4.46. The molecule has 6 heteroatoms. The molecule has 0 saturated carbocycles. The standard InChI is InChI=1S/C23H12F5N/c24-19-18(20(25)22(27)23(28)21(19)26)15-11-16(13-7-3-1-4-8-13)29-17(12-15)14-9-5-2-6-10-14/h1-12H. The second-order valence-electron chi connectivity index (χ2n) is 6.30. The molecule has 0 spiro atoms. The van der Waals surface area contributed by atoms with Gasteiger partial charge in [0.25, 0.3) is 0 Å². The Bertz CT molecular complexity index is 1100. The smallest absolute Gasteiger partial charge is 0.200 e. The second-order valence-corrected chi connectivity index (χ2v) is 6.30. The SMILES string of the molecule is Fc1c(F)c(F)c(-c2cc(-c3ccccc3)nc(-c3ccccc3)c2)c(F)c1F. The molecule has 1 heterocycles. The maximum atomic E-state index is 14.4. The van der Waals surface area contributed by atoms with Gasteiger partial charge in [-0.05, 0) is 17.7 Å². The summed E-state index contributed by atoms with van der Waals surface area (Å²) < 4.78 is 69.8. The molecule has 0 aliphatic rings. The Hall–Kier alpha value is -3.54. The van der Waals surface area contributed by atoms with Gasteiger partial charge in [0.05, 0.1) is 17.0 Å². The Morgan fingerprint density at radius 2 is 0.828 bits per heavy atom. The van der Waals surface area contributed by atoms with Gasteiger partial charge in [0.2, 0.25) is 5.82 Å². The average molecular weight is 397 g/mol. The lowest BCUT2D eigenvalue weighted by Crippen LogP contribution is -2.04. The van der Waals surface area contributed by atoms with Crippen molar-refractivity contribution in [2.24, 2.45) is 0 Å². The largest absolute Gasteiger partial charge is 0.248 e. The zero-order valence-electron chi connectivity index (χ0n) is 14.8. The molecule has 0 radical (unpaired) electrons. The van der Waals surface area contributed by atoms with Crippen LogP contribution in [0.25, 0.3) is 33.6 Å². The first kappa shape index (κ1) is 18.8. The fourth-order valence-electron chi connectivity index (χ4n) is 3.05. The monoisotopic (exact) mass is 397 g/mol. The normalized spacial score (nSPS) is 10.9. The number of hydrogen-bond acceptors (Lipinski definition) is 1. The third-order valence-corrected chi connectivity index (χ3v) is 4.46. The summed E-state index contributed by atoms with van der Waals surface area (Å²) in [5.41, 5.74) is 0.797. The number of halogens is 5. The zero-order valence-corrected chi connectivity index (χ0v) is 14.8. The highest BCUT2D eigenvalue weighted by molar-refractivity contribution is 5.77. The number of benzene rings is 3. The van der Waals surface area contributed by atoms with Crippen molar-refractivity contribution < 1.29 is 22.0 Å². The Morgan fingerprint density at radius 1 is 0.448 bits per heavy atom. The maximum Gasteiger partial charge on any atom is 0.200 e. The van der Waals surface area contributed by atoms with Crippen molar-refractivity contribution in [3.63, 3.8) is 0 Å². The molecular formula is C23H12F5N. The summed E-state index contributed by atoms with van der Waals surface area (Å²) in [7, 11) is 0. The molecule has 144 valence electrons. The van der Waals surface area contributed by atoms with Gasteiger partial charge in [0.1, 0.15) is 0 Å². The molecule has 0 amide bonds. The number of hydrogen-bond donors (Lipinski definition) is 0. The van der Waals surface area contributed by atoms with E-state index in [2.05, 4.69) is 4.98 Å². The molecule has 0 saturated heterocycles. The van der Waals surface area contributed by atoms with Crippen LogP contribution >= 0.6 is 0 Å². The molecule has 0 aliphatic heterocycles. The fraction of sp³-hybridized carbons (Fsp3) is 0. The van der Waals surface area contributed by atoms with Crippen molar-refractivity contribution in [3.8, 4) is 33.6 Å². The van der Waals surface area contributed by atoms with Crippen LogP contribution in [0.3, 0.4) is 0 Å². The summed E-state index contributed by atoms with van der Waals surface area (Å²) in [6, 6.07) is 20.1. The molecule has 0 N–H and O–H groups in total. The van der Waals surface area contributed by atoms with E-state index >= 15 is 0 Å². The predicted octanol–water partition coefficient (Wildman–Crippen LogP) is 6.78. The molecule has 29 heavy (non-hydrogen) atoms. The quantitative estimate of drug-likeness (QED) is 0.211. The van der Waals surface area contributed by atoms with Crippen molar-refractivity contribution in [1.29, 1.82) is 0 Å². The first-order valence-corrected chi connectivity index (χ1v) is 8.62. The summed E-state index contributed by atoms with van der Waals surface area (Å²) in [5.74, 6) is -9.93. The lowest BCUT2D eigenvalue weighted by molar-refractivity contribution is 0.381. The number of rotatable bonds is 3. The minimum atomic E-state index is -2.19. The first-order valence-electron chi connectivity index (χ1n) is 8.62. The van der Waals surface area contributed by atoms with E-state index in [1.165, 1.54) is 12.1 Å². The van der Waals surface area contributed by atoms with Gasteiger partial charge < -0.3 is 0 Å². The molecular weight excluding hydrogens is 385 g/mol. The van der Waals surface area contributed by atoms with Gasteiger partial charge in [-0.2, -0.15) is 0 Å². The predicted molar refractivity (Wildman–Crippen MR) is 100 cm³/mol. The summed E-state index contributed by atoms with van der Waals surface area (Å²) >= 11 is 0. The van der Waals surface area contributed by atoms with Gasteiger partial charge in [0.15, 0.2) is 23.3 Å². The minimum Gasteiger partial charge on any atom is -0.248 e. The summed E-state index contributed by atoms with van der Waals surface area (Å²) in [6.45, 7) is 0. The topological polar surface area (TPSA) is 12.9 Å². The Morgan fingerprint density at radius 3 is 1.24 bits per heavy atom. The van der Waals surface area contributed by atoms with E-state index in [4.69, 9.17) is 0 Å². The molecule has 4 rings (SSSR count). The number of nitrogens with zero attached hydrogens (tertiary/aromatic N) is 1. The highest BCUT2D eigenvalue weighted by Crippen LogP contribution is 2.35. The van der Waals surface area contributed by atoms with E-state index in [0.29, 0.717) is 22.5 Å². The summed E-state index contributed by atoms with van der Waals surface area (Å²) in [5, 5.41) is 0. The van der Waals surface area contributed by atoms with Crippen LogP contribution in [0.2, 0.25) is 0 Å². The lowest BCUT2D eigenvalue weighted by atomic mass is 9.98. The minimum absolute atomic E-state index is 0.162. The highest BCUT2D eigenvalue weighted by Gasteiger charge is 2.27. The Labute approximate surface area is 163 Å². The van der Waals surface area contributed by atoms with E-state index in [0.717, 1.165) is 0 Å². The van der Waals surface area contributed by atoms with Gasteiger partial charge in [-0.25, -0.2) is 26.9 Å². The third kappa shape index (κ3) is 3.38. The van der Waals surface area contributed by atoms with Gasteiger partial charge in [-0.15, -0.1) is 0 Å². The van der Waals surface area contributed by atoms with E-state index < -0.39 is 34.6 Å². The molecule has 0 aliphatic carbocycles. The summed E-state index contributed by atoms with van der Waals surface area (Å²) in [6.07, 6.45) is 0. The number of aromatic nitrogens is 1. The van der Waals surface area contributed by atoms with Crippen LogP contribution in [0.15, 0.2) is 72.8 Å². The van der Waals surface area contributed by atoms with Crippen LogP contribution in [0.5, 0.6) is 0 Å². The molecule has 3 aromatic carbocycles. The average Bonchev–Trinajstić information content (AvgIpc) is 2.77. The van der Waals surface area contributed by atoms with E-state index in [1.807, 2.05) is 0 Å². The first-order chi connectivity index (χ1) is 14.0. The number of pyridine rings is 1. The molecule has 0 fully saturated rings. The lowest BCUT2D eigenvalue weighted by Gasteiger charge is -2.12. The molecule has 0 atom stereocenters. The van der Waals surface area contributed by atoms with Crippen molar-refractivity contribution in [2.45, 2.75) is 0 Å². The van der Waals surface area contributed by atoms with E-state index in [9.17, 15) is 22.0 Å². The van der Waals surface area contributed by atoms with Crippen LogP contribution in [0.1, 0.15) is 0 Å². The van der Waals surface area contributed by atoms with Crippen molar-refractivity contribution in [1.82, 2.24) is 4.98 Å². The van der Waals surface area contributed by atoms with Crippen molar-refractivity contribution >= 4 is 0 Å². The van der Waals surface area contributed by atoms with E-state index in [-0.39, 0.29) is 5.56 Å². The van der Waals surface area contributed by atoms with Gasteiger partial charge in [0, 0.05) is 11.1 Å². The van der Waals surface area contributed by atoms with Gasteiger partial charge >= 0.3 is 0 Å². The van der Waals surface area contributed by atoms with Crippen LogP contribution in [0.4, 0.5) is 22.0 Å². The van der Waals surface area contributed by atoms with Gasteiger partial charge in [-0.3, -0.25) is 0 Å². The molecule has 1 nitrogen and oxygen atoms in total. The van der Waals surface area contributed by atoms with Crippen LogP contribution in [-0.4, -0.2) is 4.98 Å². The van der Waals surface area contributed by atoms with Gasteiger partial charge in [-0.1, -0.05) is 60.7 Å². The highest BCUT2D eigenvalue weighted by atomic mass is 19.2. The van der Waals surface area contributed by atoms with Crippen molar-refractivity contribution in [3.05, 3.63) is 102 Å². The zero-order chi connectivity index (χ0) is 20.5. The Balaban J connectivity index is 2.02.